The second kappa shape index (κ2) is 9.41. The Kier molecular flexibility index (Phi) is 6.45. The Balaban J connectivity index is 1.43. The summed E-state index contributed by atoms with van der Waals surface area (Å²) in [5, 5.41) is 3.93. The fourth-order valence-corrected chi connectivity index (χ4v) is 4.69. The molecular weight excluding hydrogens is 396 g/mol. The first-order valence-corrected chi connectivity index (χ1v) is 11.1. The highest BCUT2D eigenvalue weighted by Crippen LogP contribution is 2.35. The van der Waals surface area contributed by atoms with Crippen LogP contribution in [0.1, 0.15) is 30.3 Å². The molecule has 1 saturated heterocycles. The Morgan fingerprint density at radius 3 is 2.70 bits per heavy atom. The van der Waals surface area contributed by atoms with E-state index in [0.29, 0.717) is 26.4 Å². The molecule has 1 amide bonds. The van der Waals surface area contributed by atoms with E-state index in [0.717, 1.165) is 33.8 Å². The Hall–Kier alpha value is -2.70. The minimum Gasteiger partial charge on any atom is -0.494 e. The van der Waals surface area contributed by atoms with Crippen molar-refractivity contribution in [3.63, 3.8) is 0 Å². The normalized spacial score (nSPS) is 16.0. The summed E-state index contributed by atoms with van der Waals surface area (Å²) >= 11 is 1.58. The number of para-hydroxylation sites is 1. The molecule has 0 spiro atoms. The molecule has 6 heteroatoms. The first-order valence-electron chi connectivity index (χ1n) is 10.3. The van der Waals surface area contributed by atoms with Crippen molar-refractivity contribution >= 4 is 33.5 Å². The molecule has 30 heavy (non-hydrogen) atoms. The first kappa shape index (κ1) is 20.6. The van der Waals surface area contributed by atoms with Crippen molar-refractivity contribution in [3.05, 3.63) is 65.2 Å². The maximum Gasteiger partial charge on any atom is 0.244 e. The number of fused-ring (bicyclic) bond motifs is 1. The Labute approximate surface area is 180 Å². The van der Waals surface area contributed by atoms with Gasteiger partial charge in [0.1, 0.15) is 10.8 Å². The van der Waals surface area contributed by atoms with Gasteiger partial charge in [0.05, 0.1) is 16.8 Å². The molecule has 4 rings (SSSR count). The molecule has 0 unspecified atom stereocenters. The zero-order chi connectivity index (χ0) is 20.8. The lowest BCUT2D eigenvalue weighted by atomic mass is 9.74. The van der Waals surface area contributed by atoms with Crippen molar-refractivity contribution in [2.45, 2.75) is 25.2 Å². The maximum absolute atomic E-state index is 12.5. The van der Waals surface area contributed by atoms with E-state index in [9.17, 15) is 4.79 Å². The summed E-state index contributed by atoms with van der Waals surface area (Å²) < 4.78 is 12.3. The molecule has 1 N–H and O–H groups in total. The van der Waals surface area contributed by atoms with Crippen LogP contribution in [0.3, 0.4) is 0 Å². The van der Waals surface area contributed by atoms with E-state index in [1.54, 1.807) is 23.5 Å². The smallest absolute Gasteiger partial charge is 0.244 e. The predicted molar refractivity (Wildman–Crippen MR) is 121 cm³/mol. The molecule has 1 aromatic heterocycles. The first-order chi connectivity index (χ1) is 14.7. The molecule has 2 aromatic carbocycles. The number of hydrogen-bond acceptors (Lipinski definition) is 5. The zero-order valence-electron chi connectivity index (χ0n) is 17.1. The standard InChI is InChI=1S/C24H26N2O3S/c1-2-29-19-9-7-18(8-10-19)24(13-15-28-16-14-24)17-25-22(27)11-12-23-26-20-5-3-4-6-21(20)30-23/h3-12H,2,13-17H2,1H3,(H,25,27)/b12-11+. The molecule has 156 valence electrons. The van der Waals surface area contributed by atoms with Gasteiger partial charge in [-0.05, 0) is 55.7 Å². The van der Waals surface area contributed by atoms with Crippen LogP contribution in [0.2, 0.25) is 0 Å². The van der Waals surface area contributed by atoms with E-state index in [-0.39, 0.29) is 11.3 Å². The van der Waals surface area contributed by atoms with Crippen molar-refractivity contribution in [2.75, 3.05) is 26.4 Å². The van der Waals surface area contributed by atoms with Crippen LogP contribution >= 0.6 is 11.3 Å². The number of ether oxygens (including phenoxy) is 2. The third-order valence-electron chi connectivity index (χ3n) is 5.52. The van der Waals surface area contributed by atoms with Gasteiger partial charge < -0.3 is 14.8 Å². The quantitative estimate of drug-likeness (QED) is 0.567. The number of amides is 1. The van der Waals surface area contributed by atoms with Gasteiger partial charge in [-0.15, -0.1) is 11.3 Å². The van der Waals surface area contributed by atoms with Gasteiger partial charge >= 0.3 is 0 Å². The van der Waals surface area contributed by atoms with Crippen molar-refractivity contribution in [1.82, 2.24) is 10.3 Å². The number of rotatable bonds is 7. The van der Waals surface area contributed by atoms with Crippen LogP contribution in [0, 0.1) is 0 Å². The van der Waals surface area contributed by atoms with E-state index in [4.69, 9.17) is 9.47 Å². The Bertz CT molecular complexity index is 987. The topological polar surface area (TPSA) is 60.5 Å². The minimum atomic E-state index is -0.123. The van der Waals surface area contributed by atoms with Gasteiger partial charge in [-0.2, -0.15) is 0 Å². The molecule has 0 saturated carbocycles. The number of carbonyl (C=O) groups is 1. The number of thiazole rings is 1. The Morgan fingerprint density at radius 2 is 1.97 bits per heavy atom. The van der Waals surface area contributed by atoms with E-state index < -0.39 is 0 Å². The number of hydrogen-bond donors (Lipinski definition) is 1. The average molecular weight is 423 g/mol. The molecule has 0 radical (unpaired) electrons. The van der Waals surface area contributed by atoms with Gasteiger partial charge in [-0.25, -0.2) is 4.98 Å². The molecule has 3 aromatic rings. The lowest BCUT2D eigenvalue weighted by Gasteiger charge is -2.38. The van der Waals surface area contributed by atoms with Crippen molar-refractivity contribution < 1.29 is 14.3 Å². The SMILES string of the molecule is CCOc1ccc(C2(CNC(=O)/C=C/c3nc4ccccc4s3)CCOCC2)cc1. The monoisotopic (exact) mass is 422 g/mol. The number of nitrogens with one attached hydrogen (secondary N) is 1. The highest BCUT2D eigenvalue weighted by Gasteiger charge is 2.34. The molecule has 1 aliphatic heterocycles. The van der Waals surface area contributed by atoms with Crippen LogP contribution < -0.4 is 10.1 Å². The summed E-state index contributed by atoms with van der Waals surface area (Å²) in [7, 11) is 0. The molecule has 1 fully saturated rings. The van der Waals surface area contributed by atoms with Gasteiger partial charge in [-0.3, -0.25) is 4.79 Å². The van der Waals surface area contributed by atoms with Gasteiger partial charge in [0.15, 0.2) is 0 Å². The van der Waals surface area contributed by atoms with Crippen LogP contribution in [0.25, 0.3) is 16.3 Å². The summed E-state index contributed by atoms with van der Waals surface area (Å²) in [5.74, 6) is 0.761. The Morgan fingerprint density at radius 1 is 1.20 bits per heavy atom. The van der Waals surface area contributed by atoms with Gasteiger partial charge in [0.25, 0.3) is 0 Å². The number of carbonyl (C=O) groups excluding carboxylic acids is 1. The lowest BCUT2D eigenvalue weighted by Crippen LogP contribution is -2.44. The molecule has 0 atom stereocenters. The fraction of sp³-hybridized carbons (Fsp3) is 0.333. The van der Waals surface area contributed by atoms with Gasteiger partial charge in [-0.1, -0.05) is 24.3 Å². The van der Waals surface area contributed by atoms with Crippen LogP contribution in [-0.2, 0) is 14.9 Å². The lowest BCUT2D eigenvalue weighted by molar-refractivity contribution is -0.116. The van der Waals surface area contributed by atoms with Crippen LogP contribution in [-0.4, -0.2) is 37.3 Å². The largest absolute Gasteiger partial charge is 0.494 e. The molecule has 2 heterocycles. The summed E-state index contributed by atoms with van der Waals surface area (Å²) in [6.45, 7) is 4.60. The van der Waals surface area contributed by atoms with Crippen molar-refractivity contribution in [1.29, 1.82) is 0 Å². The van der Waals surface area contributed by atoms with Crippen molar-refractivity contribution in [2.24, 2.45) is 0 Å². The van der Waals surface area contributed by atoms with Crippen LogP contribution in [0.15, 0.2) is 54.6 Å². The number of nitrogens with zero attached hydrogens (tertiary/aromatic N) is 1. The fourth-order valence-electron chi connectivity index (χ4n) is 3.82. The summed E-state index contributed by atoms with van der Waals surface area (Å²) in [6, 6.07) is 16.2. The summed E-state index contributed by atoms with van der Waals surface area (Å²) in [5.41, 5.74) is 2.05. The second-order valence-electron chi connectivity index (χ2n) is 7.42. The van der Waals surface area contributed by atoms with E-state index in [2.05, 4.69) is 22.4 Å². The van der Waals surface area contributed by atoms with E-state index in [1.165, 1.54) is 5.56 Å². The van der Waals surface area contributed by atoms with Crippen LogP contribution in [0.4, 0.5) is 0 Å². The summed E-state index contributed by atoms with van der Waals surface area (Å²) in [6.07, 6.45) is 5.11. The van der Waals surface area contributed by atoms with E-state index >= 15 is 0 Å². The number of benzene rings is 2. The van der Waals surface area contributed by atoms with E-state index in [1.807, 2.05) is 43.3 Å². The molecule has 1 aliphatic rings. The second-order valence-corrected chi connectivity index (χ2v) is 8.48. The molecule has 0 bridgehead atoms. The maximum atomic E-state index is 12.5. The third-order valence-corrected chi connectivity index (χ3v) is 6.52. The zero-order valence-corrected chi connectivity index (χ0v) is 17.9. The van der Waals surface area contributed by atoms with Gasteiger partial charge in [0, 0.05) is 31.2 Å². The highest BCUT2D eigenvalue weighted by atomic mass is 32.1. The number of aromatic nitrogens is 1. The molecule has 5 nitrogen and oxygen atoms in total. The minimum absolute atomic E-state index is 0.106. The average Bonchev–Trinajstić information content (AvgIpc) is 3.21. The van der Waals surface area contributed by atoms with Gasteiger partial charge in [0.2, 0.25) is 5.91 Å². The third kappa shape index (κ3) is 4.71. The molecule has 0 aliphatic carbocycles. The highest BCUT2D eigenvalue weighted by molar-refractivity contribution is 7.19. The molecular formula is C24H26N2O3S. The van der Waals surface area contributed by atoms with Crippen molar-refractivity contribution in [3.8, 4) is 5.75 Å². The van der Waals surface area contributed by atoms with Crippen LogP contribution in [0.5, 0.6) is 5.75 Å². The predicted octanol–water partition coefficient (Wildman–Crippen LogP) is 4.57. The summed E-state index contributed by atoms with van der Waals surface area (Å²) in [4.78, 5) is 17.1.